The first kappa shape index (κ1) is 20.4. The van der Waals surface area contributed by atoms with Crippen LogP contribution in [0.15, 0.2) is 47.4 Å². The van der Waals surface area contributed by atoms with Crippen LogP contribution in [0.25, 0.3) is 0 Å². The Balaban J connectivity index is 2.41. The number of aryl methyl sites for hydroxylation is 1. The van der Waals surface area contributed by atoms with Crippen molar-refractivity contribution in [1.82, 2.24) is 5.32 Å². The summed E-state index contributed by atoms with van der Waals surface area (Å²) in [6.45, 7) is 5.31. The molecule has 1 atom stereocenters. The molecule has 27 heavy (non-hydrogen) atoms. The molecule has 1 amide bonds. The number of carbonyl (C=O) groups is 1. The Morgan fingerprint density at radius 2 is 1.89 bits per heavy atom. The average molecular weight is 391 g/mol. The Labute approximate surface area is 157 Å². The Kier molecular flexibility index (Phi) is 6.17. The summed E-state index contributed by atoms with van der Waals surface area (Å²) >= 11 is 0. The van der Waals surface area contributed by atoms with E-state index in [1.807, 2.05) is 13.8 Å². The third-order valence-electron chi connectivity index (χ3n) is 4.08. The van der Waals surface area contributed by atoms with E-state index in [0.717, 1.165) is 12.5 Å². The minimum atomic E-state index is -4.12. The topological polar surface area (TPSA) is 118 Å². The summed E-state index contributed by atoms with van der Waals surface area (Å²) in [4.78, 5) is 22.5. The first-order valence-electron chi connectivity index (χ1n) is 8.33. The first-order chi connectivity index (χ1) is 12.7. The molecule has 2 N–H and O–H groups in total. The number of hydrogen-bond acceptors (Lipinski definition) is 5. The Morgan fingerprint density at radius 1 is 1.22 bits per heavy atom. The van der Waals surface area contributed by atoms with Gasteiger partial charge in [0.15, 0.2) is 0 Å². The molecule has 2 rings (SSSR count). The van der Waals surface area contributed by atoms with Crippen LogP contribution in [0.5, 0.6) is 0 Å². The zero-order valence-electron chi connectivity index (χ0n) is 15.2. The molecule has 0 unspecified atom stereocenters. The van der Waals surface area contributed by atoms with Gasteiger partial charge in [0.05, 0.1) is 21.1 Å². The van der Waals surface area contributed by atoms with Crippen molar-refractivity contribution < 1.29 is 18.1 Å². The van der Waals surface area contributed by atoms with Crippen LogP contribution in [0.2, 0.25) is 0 Å². The molecule has 9 heteroatoms. The molecule has 0 aliphatic heterocycles. The summed E-state index contributed by atoms with van der Waals surface area (Å²) in [5, 5.41) is 13.7. The van der Waals surface area contributed by atoms with E-state index in [-0.39, 0.29) is 27.9 Å². The molecule has 0 aliphatic carbocycles. The van der Waals surface area contributed by atoms with Crippen LogP contribution in [-0.4, -0.2) is 25.3 Å². The molecule has 8 nitrogen and oxygen atoms in total. The first-order valence-corrected chi connectivity index (χ1v) is 9.81. The van der Waals surface area contributed by atoms with E-state index in [9.17, 15) is 23.3 Å². The molecular formula is C18H21N3O5S. The number of nitrogens with one attached hydrogen (secondary N) is 2. The number of para-hydroxylation sites is 1. The van der Waals surface area contributed by atoms with Gasteiger partial charge in [0.2, 0.25) is 0 Å². The molecule has 0 saturated carbocycles. The quantitative estimate of drug-likeness (QED) is 0.555. The molecule has 0 spiro atoms. The second-order valence-corrected chi connectivity index (χ2v) is 7.79. The van der Waals surface area contributed by atoms with E-state index in [1.54, 1.807) is 19.1 Å². The van der Waals surface area contributed by atoms with Gasteiger partial charge in [-0.2, -0.15) is 0 Å². The molecule has 0 saturated heterocycles. The maximum atomic E-state index is 12.8. The monoisotopic (exact) mass is 391 g/mol. The fraction of sp³-hybridized carbons (Fsp3) is 0.278. The lowest BCUT2D eigenvalue weighted by atomic mass is 10.1. The fourth-order valence-electron chi connectivity index (χ4n) is 2.37. The lowest BCUT2D eigenvalue weighted by Crippen LogP contribution is -2.32. The van der Waals surface area contributed by atoms with Crippen LogP contribution in [0.3, 0.4) is 0 Å². The number of anilines is 1. The Hall–Kier alpha value is -2.94. The van der Waals surface area contributed by atoms with Crippen LogP contribution < -0.4 is 10.0 Å². The van der Waals surface area contributed by atoms with Crippen molar-refractivity contribution >= 4 is 27.3 Å². The maximum absolute atomic E-state index is 12.8. The summed E-state index contributed by atoms with van der Waals surface area (Å²) in [7, 11) is -4.12. The summed E-state index contributed by atoms with van der Waals surface area (Å²) in [5.41, 5.74) is 0.298. The van der Waals surface area contributed by atoms with E-state index in [2.05, 4.69) is 10.0 Å². The number of hydrogen-bond donors (Lipinski definition) is 2. The van der Waals surface area contributed by atoms with E-state index < -0.39 is 20.9 Å². The highest BCUT2D eigenvalue weighted by molar-refractivity contribution is 7.92. The summed E-state index contributed by atoms with van der Waals surface area (Å²) in [6, 6.07) is 9.74. The largest absolute Gasteiger partial charge is 0.350 e. The van der Waals surface area contributed by atoms with E-state index in [1.165, 1.54) is 24.3 Å². The molecule has 144 valence electrons. The van der Waals surface area contributed by atoms with Gasteiger partial charge in [0, 0.05) is 18.2 Å². The summed E-state index contributed by atoms with van der Waals surface area (Å²) < 4.78 is 27.9. The predicted molar refractivity (Wildman–Crippen MR) is 102 cm³/mol. The predicted octanol–water partition coefficient (Wildman–Crippen LogP) is 3.23. The van der Waals surface area contributed by atoms with Crippen molar-refractivity contribution in [2.24, 2.45) is 0 Å². The Bertz CT molecular complexity index is 973. The van der Waals surface area contributed by atoms with Gasteiger partial charge >= 0.3 is 0 Å². The lowest BCUT2D eigenvalue weighted by molar-refractivity contribution is -0.385. The third kappa shape index (κ3) is 4.82. The number of nitrogens with zero attached hydrogens (tertiary/aromatic N) is 1. The number of benzene rings is 2. The minimum Gasteiger partial charge on any atom is -0.350 e. The highest BCUT2D eigenvalue weighted by Gasteiger charge is 2.23. The van der Waals surface area contributed by atoms with Crippen molar-refractivity contribution in [2.45, 2.75) is 38.1 Å². The molecule has 2 aromatic rings. The molecule has 0 heterocycles. The van der Waals surface area contributed by atoms with Crippen LogP contribution >= 0.6 is 0 Å². The van der Waals surface area contributed by atoms with Gasteiger partial charge < -0.3 is 5.32 Å². The zero-order chi connectivity index (χ0) is 20.2. The van der Waals surface area contributed by atoms with Gasteiger partial charge in [-0.1, -0.05) is 25.1 Å². The zero-order valence-corrected chi connectivity index (χ0v) is 16.0. The van der Waals surface area contributed by atoms with E-state index in [0.29, 0.717) is 5.56 Å². The molecule has 0 bridgehead atoms. The van der Waals surface area contributed by atoms with Crippen molar-refractivity contribution in [3.8, 4) is 0 Å². The van der Waals surface area contributed by atoms with Gasteiger partial charge in [0.1, 0.15) is 0 Å². The number of carbonyl (C=O) groups excluding carboxylic acids is 1. The number of sulfonamides is 1. The number of nitro benzene ring substituents is 1. The summed E-state index contributed by atoms with van der Waals surface area (Å²) in [6.07, 6.45) is 0.729. The molecule has 2 aromatic carbocycles. The molecule has 0 radical (unpaired) electrons. The van der Waals surface area contributed by atoms with Crippen LogP contribution in [0.1, 0.15) is 36.2 Å². The number of non-ortho nitro benzene ring substituents is 1. The highest BCUT2D eigenvalue weighted by Crippen LogP contribution is 2.25. The average Bonchev–Trinajstić information content (AvgIpc) is 2.61. The van der Waals surface area contributed by atoms with Crippen LogP contribution in [0.4, 0.5) is 11.4 Å². The number of amides is 1. The second kappa shape index (κ2) is 8.17. The van der Waals surface area contributed by atoms with Gasteiger partial charge in [-0.3, -0.25) is 19.6 Å². The normalized spacial score (nSPS) is 12.3. The van der Waals surface area contributed by atoms with Crippen molar-refractivity contribution in [3.05, 3.63) is 63.7 Å². The fourth-order valence-corrected chi connectivity index (χ4v) is 3.71. The lowest BCUT2D eigenvalue weighted by Gasteiger charge is -2.16. The summed E-state index contributed by atoms with van der Waals surface area (Å²) in [5.74, 6) is -0.404. The molecule has 0 fully saturated rings. The highest BCUT2D eigenvalue weighted by atomic mass is 32.2. The smallest absolute Gasteiger partial charge is 0.270 e. The molecule has 0 aliphatic rings. The second-order valence-electron chi connectivity index (χ2n) is 6.14. The SMILES string of the molecule is CC[C@@H](C)NC(=O)c1ccccc1NS(=O)(=O)c1cc([N+](=O)[O-])ccc1C. The molecular weight excluding hydrogens is 370 g/mol. The van der Waals surface area contributed by atoms with E-state index >= 15 is 0 Å². The van der Waals surface area contributed by atoms with Crippen LogP contribution in [0, 0.1) is 17.0 Å². The van der Waals surface area contributed by atoms with Gasteiger partial charge in [-0.15, -0.1) is 0 Å². The third-order valence-corrected chi connectivity index (χ3v) is 5.59. The van der Waals surface area contributed by atoms with Gasteiger partial charge in [0.25, 0.3) is 21.6 Å². The van der Waals surface area contributed by atoms with E-state index in [4.69, 9.17) is 0 Å². The number of rotatable bonds is 7. The molecule has 0 aromatic heterocycles. The standard InChI is InChI=1S/C18H21N3O5S/c1-4-13(3)19-18(22)15-7-5-6-8-16(15)20-27(25,26)17-11-14(21(23)24)10-9-12(17)2/h5-11,13,20H,4H2,1-3H3,(H,19,22)/t13-/m1/s1. The van der Waals surface area contributed by atoms with Crippen molar-refractivity contribution in [2.75, 3.05) is 4.72 Å². The van der Waals surface area contributed by atoms with Gasteiger partial charge in [-0.25, -0.2) is 8.42 Å². The Morgan fingerprint density at radius 3 is 2.52 bits per heavy atom. The van der Waals surface area contributed by atoms with Crippen molar-refractivity contribution in [1.29, 1.82) is 0 Å². The maximum Gasteiger partial charge on any atom is 0.270 e. The number of nitro groups is 1. The van der Waals surface area contributed by atoms with Gasteiger partial charge in [-0.05, 0) is 38.0 Å². The minimum absolute atomic E-state index is 0.0684. The van der Waals surface area contributed by atoms with Crippen molar-refractivity contribution in [3.63, 3.8) is 0 Å². The van der Waals surface area contributed by atoms with Crippen LogP contribution in [-0.2, 0) is 10.0 Å².